The number of amides is 2. The van der Waals surface area contributed by atoms with Gasteiger partial charge in [-0.2, -0.15) is 0 Å². The number of benzene rings is 2. The predicted octanol–water partition coefficient (Wildman–Crippen LogP) is 2.28. The van der Waals surface area contributed by atoms with Gasteiger partial charge in [-0.25, -0.2) is 4.79 Å². The molecule has 2 aliphatic rings. The third-order valence-corrected chi connectivity index (χ3v) is 5.25. The second-order valence-electron chi connectivity index (χ2n) is 7.25. The highest BCUT2D eigenvalue weighted by molar-refractivity contribution is 6.05. The molecule has 2 heterocycles. The highest BCUT2D eigenvalue weighted by atomic mass is 16.6. The minimum Gasteiger partial charge on any atom is -0.475 e. The Morgan fingerprint density at radius 2 is 1.97 bits per heavy atom. The number of hydrogen-bond donors (Lipinski definition) is 1. The Labute approximate surface area is 172 Å². The van der Waals surface area contributed by atoms with Crippen molar-refractivity contribution in [3.8, 4) is 5.75 Å². The molecular weight excluding hydrogens is 388 g/mol. The summed E-state index contributed by atoms with van der Waals surface area (Å²) in [5.41, 5.74) is 2.35. The molecule has 1 N–H and O–H groups in total. The zero-order chi connectivity index (χ0) is 21.4. The lowest BCUT2D eigenvalue weighted by atomic mass is 9.99. The van der Waals surface area contributed by atoms with E-state index in [0.717, 1.165) is 5.56 Å². The molecule has 2 amide bonds. The zero-order valence-electron chi connectivity index (χ0n) is 16.5. The van der Waals surface area contributed by atoms with Gasteiger partial charge in [0.05, 0.1) is 18.2 Å². The van der Waals surface area contributed by atoms with Crippen molar-refractivity contribution in [2.75, 3.05) is 23.4 Å². The highest BCUT2D eigenvalue weighted by Gasteiger charge is 2.34. The number of rotatable bonds is 4. The molecule has 0 bridgehead atoms. The second kappa shape index (κ2) is 7.62. The van der Waals surface area contributed by atoms with E-state index in [9.17, 15) is 19.2 Å². The first-order valence-corrected chi connectivity index (χ1v) is 9.53. The van der Waals surface area contributed by atoms with E-state index in [-0.39, 0.29) is 24.3 Å². The smallest absolute Gasteiger partial charge is 0.349 e. The Hall–Kier alpha value is -3.68. The van der Waals surface area contributed by atoms with E-state index in [1.165, 1.54) is 11.8 Å². The number of anilines is 2. The number of para-hydroxylation sites is 2. The summed E-state index contributed by atoms with van der Waals surface area (Å²) < 4.78 is 10.8. The summed E-state index contributed by atoms with van der Waals surface area (Å²) in [6.07, 6.45) is -1.03. The van der Waals surface area contributed by atoms with Crippen LogP contribution in [0.15, 0.2) is 42.5 Å². The Morgan fingerprint density at radius 1 is 1.20 bits per heavy atom. The summed E-state index contributed by atoms with van der Waals surface area (Å²) in [5.74, 6) is -1.41. The number of ketones is 1. The SMILES string of the molecule is CC(=O)N1C[C@@H](C(=O)OCC(=O)c2ccc3c(c2)[C@@H](C)C(=O)N3)Oc2ccccc21. The summed E-state index contributed by atoms with van der Waals surface area (Å²) in [6, 6.07) is 11.8. The molecule has 30 heavy (non-hydrogen) atoms. The minimum absolute atomic E-state index is 0.00348. The summed E-state index contributed by atoms with van der Waals surface area (Å²) in [4.78, 5) is 50.2. The van der Waals surface area contributed by atoms with E-state index in [4.69, 9.17) is 9.47 Å². The summed E-state index contributed by atoms with van der Waals surface area (Å²) in [7, 11) is 0. The predicted molar refractivity (Wildman–Crippen MR) is 108 cm³/mol. The fourth-order valence-corrected chi connectivity index (χ4v) is 3.56. The molecule has 0 aliphatic carbocycles. The molecule has 2 aromatic carbocycles. The molecule has 0 fully saturated rings. The molecule has 4 rings (SSSR count). The Kier molecular flexibility index (Phi) is 4.99. The number of carbonyl (C=O) groups excluding carboxylic acids is 4. The molecule has 2 aliphatic heterocycles. The molecule has 0 saturated heterocycles. The number of fused-ring (bicyclic) bond motifs is 2. The van der Waals surface area contributed by atoms with Crippen LogP contribution in [0.4, 0.5) is 11.4 Å². The van der Waals surface area contributed by atoms with Crippen LogP contribution in [-0.2, 0) is 19.1 Å². The third kappa shape index (κ3) is 3.52. The maximum absolute atomic E-state index is 12.5. The van der Waals surface area contributed by atoms with Gasteiger partial charge in [0.25, 0.3) is 0 Å². The van der Waals surface area contributed by atoms with Crippen LogP contribution in [0.25, 0.3) is 0 Å². The second-order valence-corrected chi connectivity index (χ2v) is 7.25. The van der Waals surface area contributed by atoms with Crippen LogP contribution in [0.2, 0.25) is 0 Å². The van der Waals surface area contributed by atoms with Crippen molar-refractivity contribution >= 4 is 34.9 Å². The van der Waals surface area contributed by atoms with Crippen LogP contribution in [0, 0.1) is 0 Å². The topological polar surface area (TPSA) is 102 Å². The van der Waals surface area contributed by atoms with Crippen LogP contribution >= 0.6 is 0 Å². The van der Waals surface area contributed by atoms with Gasteiger partial charge in [0, 0.05) is 18.2 Å². The van der Waals surface area contributed by atoms with Crippen molar-refractivity contribution in [2.24, 2.45) is 0 Å². The first-order valence-electron chi connectivity index (χ1n) is 9.53. The van der Waals surface area contributed by atoms with Crippen LogP contribution in [0.1, 0.15) is 35.7 Å². The van der Waals surface area contributed by atoms with Crippen molar-refractivity contribution in [1.29, 1.82) is 0 Å². The molecule has 0 radical (unpaired) electrons. The first-order chi connectivity index (χ1) is 14.3. The van der Waals surface area contributed by atoms with Crippen molar-refractivity contribution in [1.82, 2.24) is 0 Å². The molecule has 2 aromatic rings. The third-order valence-electron chi connectivity index (χ3n) is 5.25. The van der Waals surface area contributed by atoms with Crippen LogP contribution in [0.5, 0.6) is 5.75 Å². The molecule has 0 aromatic heterocycles. The quantitative estimate of drug-likeness (QED) is 0.615. The fraction of sp³-hybridized carbons (Fsp3) is 0.273. The largest absolute Gasteiger partial charge is 0.475 e. The average molecular weight is 408 g/mol. The van der Waals surface area contributed by atoms with E-state index >= 15 is 0 Å². The number of hydrogen-bond acceptors (Lipinski definition) is 6. The molecule has 154 valence electrons. The summed E-state index contributed by atoms with van der Waals surface area (Å²) in [5, 5.41) is 2.74. The van der Waals surface area contributed by atoms with Gasteiger partial charge < -0.3 is 19.7 Å². The Morgan fingerprint density at radius 3 is 2.73 bits per heavy atom. The lowest BCUT2D eigenvalue weighted by Crippen LogP contribution is -2.47. The minimum atomic E-state index is -1.03. The van der Waals surface area contributed by atoms with Crippen LogP contribution in [0.3, 0.4) is 0 Å². The van der Waals surface area contributed by atoms with E-state index in [2.05, 4.69) is 5.32 Å². The molecule has 0 saturated carbocycles. The van der Waals surface area contributed by atoms with Crippen LogP contribution < -0.4 is 15.0 Å². The maximum Gasteiger partial charge on any atom is 0.349 e. The number of ether oxygens (including phenoxy) is 2. The van der Waals surface area contributed by atoms with Crippen molar-refractivity contribution in [2.45, 2.75) is 25.9 Å². The fourth-order valence-electron chi connectivity index (χ4n) is 3.56. The van der Waals surface area contributed by atoms with Gasteiger partial charge in [0.1, 0.15) is 5.75 Å². The van der Waals surface area contributed by atoms with Gasteiger partial charge in [-0.15, -0.1) is 0 Å². The lowest BCUT2D eigenvalue weighted by molar-refractivity contribution is -0.150. The monoisotopic (exact) mass is 408 g/mol. The first kappa shape index (κ1) is 19.6. The zero-order valence-corrected chi connectivity index (χ0v) is 16.5. The molecular formula is C22H20N2O6. The lowest BCUT2D eigenvalue weighted by Gasteiger charge is -2.33. The van der Waals surface area contributed by atoms with E-state index in [1.807, 2.05) is 0 Å². The van der Waals surface area contributed by atoms with Crippen molar-refractivity contribution in [3.63, 3.8) is 0 Å². The number of nitrogens with one attached hydrogen (secondary N) is 1. The van der Waals surface area contributed by atoms with E-state index < -0.39 is 24.5 Å². The maximum atomic E-state index is 12.5. The standard InChI is InChI=1S/C22H20N2O6/c1-12-15-9-14(7-8-16(15)23-21(12)27)18(26)11-29-22(28)20-10-24(13(2)25)17-5-3-4-6-19(17)30-20/h3-9,12,20H,10-11H2,1-2H3,(H,23,27)/t12-,20+/m1/s1. The van der Waals surface area contributed by atoms with Gasteiger partial charge in [0.15, 0.2) is 12.4 Å². The molecule has 8 nitrogen and oxygen atoms in total. The van der Waals surface area contributed by atoms with Crippen LogP contribution in [-0.4, -0.2) is 42.8 Å². The van der Waals surface area contributed by atoms with Gasteiger partial charge in [-0.3, -0.25) is 14.4 Å². The van der Waals surface area contributed by atoms with Crippen molar-refractivity contribution in [3.05, 3.63) is 53.6 Å². The highest BCUT2D eigenvalue weighted by Crippen LogP contribution is 2.34. The van der Waals surface area contributed by atoms with Gasteiger partial charge in [-0.05, 0) is 42.8 Å². The van der Waals surface area contributed by atoms with Crippen molar-refractivity contribution < 1.29 is 28.7 Å². The molecule has 8 heteroatoms. The Bertz CT molecular complexity index is 1060. The average Bonchev–Trinajstić information content (AvgIpc) is 3.03. The molecule has 2 atom stereocenters. The molecule has 0 unspecified atom stereocenters. The van der Waals surface area contributed by atoms with Gasteiger partial charge in [-0.1, -0.05) is 12.1 Å². The van der Waals surface area contributed by atoms with Gasteiger partial charge in [0.2, 0.25) is 17.9 Å². The van der Waals surface area contributed by atoms with Gasteiger partial charge >= 0.3 is 5.97 Å². The number of Topliss-reactive ketones (excluding diaryl/α,β-unsaturated/α-hetero) is 1. The number of nitrogens with zero attached hydrogens (tertiary/aromatic N) is 1. The Balaban J connectivity index is 1.42. The number of esters is 1. The summed E-state index contributed by atoms with van der Waals surface area (Å²) >= 11 is 0. The van der Waals surface area contributed by atoms with E-state index in [0.29, 0.717) is 22.7 Å². The number of carbonyl (C=O) groups is 4. The van der Waals surface area contributed by atoms with E-state index in [1.54, 1.807) is 49.4 Å². The molecule has 0 spiro atoms. The normalized spacial score (nSPS) is 19.3. The summed E-state index contributed by atoms with van der Waals surface area (Å²) in [6.45, 7) is 2.70.